The zero-order chi connectivity index (χ0) is 19.0. The highest BCUT2D eigenvalue weighted by atomic mass is 127. The predicted octanol–water partition coefficient (Wildman–Crippen LogP) is 4.69. The molecule has 5 nitrogen and oxygen atoms in total. The van der Waals surface area contributed by atoms with Crippen molar-refractivity contribution in [2.75, 3.05) is 7.11 Å². The molecule has 1 unspecified atom stereocenters. The van der Waals surface area contributed by atoms with E-state index in [9.17, 15) is 4.79 Å². The second kappa shape index (κ2) is 7.19. The van der Waals surface area contributed by atoms with E-state index in [1.54, 1.807) is 7.11 Å². The summed E-state index contributed by atoms with van der Waals surface area (Å²) in [6, 6.07) is 19.5. The lowest BCUT2D eigenvalue weighted by Crippen LogP contribution is -2.25. The molecule has 0 fully saturated rings. The third kappa shape index (κ3) is 3.14. The lowest BCUT2D eigenvalue weighted by molar-refractivity contribution is -0.135. The van der Waals surface area contributed by atoms with Gasteiger partial charge in [-0.3, -0.25) is 4.79 Å². The quantitative estimate of drug-likeness (QED) is 0.520. The minimum atomic E-state index is -0.621. The summed E-state index contributed by atoms with van der Waals surface area (Å²) in [7, 11) is 1.65. The van der Waals surface area contributed by atoms with Crippen molar-refractivity contribution in [3.05, 3.63) is 75.4 Å². The molecule has 3 aromatic carbocycles. The van der Waals surface area contributed by atoms with Crippen LogP contribution in [0.5, 0.6) is 5.75 Å². The van der Waals surface area contributed by atoms with E-state index < -0.39 is 6.23 Å². The Balaban J connectivity index is 1.82. The van der Waals surface area contributed by atoms with Gasteiger partial charge in [0.1, 0.15) is 5.75 Å². The maximum atomic E-state index is 12.3. The lowest BCUT2D eigenvalue weighted by atomic mass is 10.0. The van der Waals surface area contributed by atoms with Crippen molar-refractivity contribution in [1.29, 1.82) is 0 Å². The standard InChI is InChI=1S/C21H17IN2O3/c1-13(25)24-21(27-20(23-24)17-9-5-6-10-18(17)22)16-11-12-19(26-2)15-8-4-3-7-14(15)16/h3-12,21H,1-2H3. The van der Waals surface area contributed by atoms with E-state index in [4.69, 9.17) is 9.47 Å². The first-order valence-electron chi connectivity index (χ1n) is 8.45. The van der Waals surface area contributed by atoms with Crippen LogP contribution < -0.4 is 4.74 Å². The molecular formula is C21H17IN2O3. The number of fused-ring (bicyclic) bond motifs is 1. The summed E-state index contributed by atoms with van der Waals surface area (Å²) >= 11 is 2.24. The number of halogens is 1. The molecule has 0 N–H and O–H groups in total. The van der Waals surface area contributed by atoms with Crippen LogP contribution in [0.15, 0.2) is 65.8 Å². The van der Waals surface area contributed by atoms with Gasteiger partial charge in [-0.05, 0) is 52.2 Å². The van der Waals surface area contributed by atoms with Crippen molar-refractivity contribution in [3.8, 4) is 5.75 Å². The Morgan fingerprint density at radius 1 is 1.07 bits per heavy atom. The molecular weight excluding hydrogens is 455 g/mol. The van der Waals surface area contributed by atoms with Crippen LogP contribution in [0.25, 0.3) is 10.8 Å². The zero-order valence-corrected chi connectivity index (χ0v) is 17.0. The fourth-order valence-electron chi connectivity index (χ4n) is 3.20. The molecule has 0 saturated heterocycles. The Labute approximate surface area is 170 Å². The third-order valence-electron chi connectivity index (χ3n) is 4.47. The van der Waals surface area contributed by atoms with E-state index in [2.05, 4.69) is 27.7 Å². The monoisotopic (exact) mass is 472 g/mol. The Morgan fingerprint density at radius 3 is 2.48 bits per heavy atom. The number of ether oxygens (including phenoxy) is 2. The summed E-state index contributed by atoms with van der Waals surface area (Å²) in [5.74, 6) is 1.04. The molecule has 3 aromatic rings. The van der Waals surface area contributed by atoms with Crippen LogP contribution in [0.2, 0.25) is 0 Å². The highest BCUT2D eigenvalue weighted by Gasteiger charge is 2.34. The van der Waals surface area contributed by atoms with Crippen LogP contribution >= 0.6 is 22.6 Å². The summed E-state index contributed by atoms with van der Waals surface area (Å²) in [4.78, 5) is 12.3. The van der Waals surface area contributed by atoms with Crippen molar-refractivity contribution in [2.45, 2.75) is 13.2 Å². The van der Waals surface area contributed by atoms with E-state index in [1.807, 2.05) is 60.7 Å². The molecule has 1 heterocycles. The number of hydrazone groups is 1. The summed E-state index contributed by atoms with van der Waals surface area (Å²) < 4.78 is 12.7. The number of rotatable bonds is 3. The maximum Gasteiger partial charge on any atom is 0.243 e. The lowest BCUT2D eigenvalue weighted by Gasteiger charge is -2.21. The Morgan fingerprint density at radius 2 is 1.78 bits per heavy atom. The number of methoxy groups -OCH3 is 1. The van der Waals surface area contributed by atoms with E-state index in [0.29, 0.717) is 5.90 Å². The fourth-order valence-corrected chi connectivity index (χ4v) is 3.82. The highest BCUT2D eigenvalue weighted by Crippen LogP contribution is 2.37. The zero-order valence-electron chi connectivity index (χ0n) is 14.8. The van der Waals surface area contributed by atoms with Gasteiger partial charge in [-0.2, -0.15) is 5.01 Å². The molecule has 1 aliphatic heterocycles. The van der Waals surface area contributed by atoms with Crippen molar-refractivity contribution < 1.29 is 14.3 Å². The van der Waals surface area contributed by atoms with Crippen molar-refractivity contribution in [3.63, 3.8) is 0 Å². The summed E-state index contributed by atoms with van der Waals surface area (Å²) in [6.45, 7) is 1.49. The first kappa shape index (κ1) is 17.8. The normalized spacial score (nSPS) is 16.2. The first-order chi connectivity index (χ1) is 13.1. The summed E-state index contributed by atoms with van der Waals surface area (Å²) in [5, 5.41) is 7.79. The van der Waals surface area contributed by atoms with Crippen molar-refractivity contribution in [2.24, 2.45) is 5.10 Å². The van der Waals surface area contributed by atoms with Gasteiger partial charge in [0.2, 0.25) is 18.0 Å². The molecule has 136 valence electrons. The van der Waals surface area contributed by atoms with Gasteiger partial charge in [0.25, 0.3) is 0 Å². The van der Waals surface area contributed by atoms with E-state index in [0.717, 1.165) is 31.2 Å². The Bertz CT molecular complexity index is 1060. The Kier molecular flexibility index (Phi) is 4.73. The van der Waals surface area contributed by atoms with Gasteiger partial charge in [-0.15, -0.1) is 5.10 Å². The molecule has 1 amide bonds. The van der Waals surface area contributed by atoms with E-state index in [1.165, 1.54) is 11.9 Å². The molecule has 6 heteroatoms. The molecule has 0 aromatic heterocycles. The van der Waals surface area contributed by atoms with Gasteiger partial charge < -0.3 is 9.47 Å². The number of carbonyl (C=O) groups excluding carboxylic acids is 1. The smallest absolute Gasteiger partial charge is 0.243 e. The van der Waals surface area contributed by atoms with Crippen LogP contribution in [0.3, 0.4) is 0 Å². The third-order valence-corrected chi connectivity index (χ3v) is 5.42. The Hall–Kier alpha value is -2.61. The minimum Gasteiger partial charge on any atom is -0.496 e. The first-order valence-corrected chi connectivity index (χ1v) is 9.53. The fraction of sp³-hybridized carbons (Fsp3) is 0.143. The predicted molar refractivity (Wildman–Crippen MR) is 113 cm³/mol. The summed E-state index contributed by atoms with van der Waals surface area (Å²) in [5.41, 5.74) is 1.73. The number of amides is 1. The molecule has 0 saturated carbocycles. The van der Waals surface area contributed by atoms with Crippen LogP contribution in [0.4, 0.5) is 0 Å². The number of benzene rings is 3. The van der Waals surface area contributed by atoms with Gasteiger partial charge >= 0.3 is 0 Å². The van der Waals surface area contributed by atoms with Crippen LogP contribution in [0, 0.1) is 3.57 Å². The number of nitrogens with zero attached hydrogens (tertiary/aromatic N) is 2. The largest absolute Gasteiger partial charge is 0.496 e. The SMILES string of the molecule is COc1ccc(C2OC(c3ccccc3I)=NN2C(C)=O)c2ccccc12. The number of hydrogen-bond donors (Lipinski definition) is 0. The average Bonchev–Trinajstić information content (AvgIpc) is 3.12. The van der Waals surface area contributed by atoms with Crippen LogP contribution in [-0.2, 0) is 9.53 Å². The van der Waals surface area contributed by atoms with Gasteiger partial charge in [0.05, 0.1) is 12.7 Å². The molecule has 0 radical (unpaired) electrons. The van der Waals surface area contributed by atoms with Crippen LogP contribution in [0.1, 0.15) is 24.3 Å². The summed E-state index contributed by atoms with van der Waals surface area (Å²) in [6.07, 6.45) is -0.621. The van der Waals surface area contributed by atoms with Crippen molar-refractivity contribution >= 4 is 45.2 Å². The number of hydrogen-bond acceptors (Lipinski definition) is 4. The maximum absolute atomic E-state index is 12.3. The molecule has 1 atom stereocenters. The molecule has 4 rings (SSSR count). The van der Waals surface area contributed by atoms with Gasteiger partial charge in [-0.25, -0.2) is 0 Å². The topological polar surface area (TPSA) is 51.1 Å². The number of carbonyl (C=O) groups is 1. The second-order valence-electron chi connectivity index (χ2n) is 6.12. The average molecular weight is 472 g/mol. The molecule has 0 spiro atoms. The van der Waals surface area contributed by atoms with Crippen LogP contribution in [-0.4, -0.2) is 23.9 Å². The minimum absolute atomic E-state index is 0.180. The molecule has 1 aliphatic rings. The highest BCUT2D eigenvalue weighted by molar-refractivity contribution is 14.1. The van der Waals surface area contributed by atoms with Gasteiger partial charge in [0, 0.05) is 21.4 Å². The van der Waals surface area contributed by atoms with E-state index >= 15 is 0 Å². The molecule has 27 heavy (non-hydrogen) atoms. The molecule has 0 bridgehead atoms. The molecule has 0 aliphatic carbocycles. The second-order valence-corrected chi connectivity index (χ2v) is 7.28. The van der Waals surface area contributed by atoms with Gasteiger partial charge in [0.15, 0.2) is 0 Å². The van der Waals surface area contributed by atoms with Crippen molar-refractivity contribution in [1.82, 2.24) is 5.01 Å². The van der Waals surface area contributed by atoms with E-state index in [-0.39, 0.29) is 5.91 Å². The van der Waals surface area contributed by atoms with Gasteiger partial charge in [-0.1, -0.05) is 36.4 Å².